The second kappa shape index (κ2) is 6.73. The van der Waals surface area contributed by atoms with Gasteiger partial charge in [0.25, 0.3) is 10.0 Å². The smallest absolute Gasteiger partial charge is 0.262 e. The third-order valence-electron chi connectivity index (χ3n) is 2.89. The Balaban J connectivity index is 2.18. The van der Waals surface area contributed by atoms with Crippen molar-refractivity contribution in [3.05, 3.63) is 42.2 Å². The first-order chi connectivity index (χ1) is 10.0. The van der Waals surface area contributed by atoms with E-state index in [1.54, 1.807) is 29.1 Å². The van der Waals surface area contributed by atoms with Gasteiger partial charge in [0.2, 0.25) is 0 Å². The summed E-state index contributed by atoms with van der Waals surface area (Å²) in [5.74, 6) is 0. The molecule has 0 atom stereocenters. The van der Waals surface area contributed by atoms with E-state index in [4.69, 9.17) is 4.74 Å². The molecule has 7 heteroatoms. The lowest BCUT2D eigenvalue weighted by molar-refractivity contribution is 0.134. The highest BCUT2D eigenvalue weighted by molar-refractivity contribution is 7.92. The first kappa shape index (κ1) is 15.5. The highest BCUT2D eigenvalue weighted by Crippen LogP contribution is 2.17. The summed E-state index contributed by atoms with van der Waals surface area (Å²) in [6.07, 6.45) is 3.15. The summed E-state index contributed by atoms with van der Waals surface area (Å²) in [5, 5.41) is 4.04. The van der Waals surface area contributed by atoms with E-state index in [1.165, 1.54) is 6.20 Å². The Morgan fingerprint density at radius 3 is 2.81 bits per heavy atom. The number of ether oxygens (including phenoxy) is 1. The molecule has 21 heavy (non-hydrogen) atoms. The highest BCUT2D eigenvalue weighted by Gasteiger charge is 2.15. The zero-order valence-electron chi connectivity index (χ0n) is 12.1. The maximum atomic E-state index is 12.3. The number of benzene rings is 1. The van der Waals surface area contributed by atoms with Gasteiger partial charge < -0.3 is 4.74 Å². The van der Waals surface area contributed by atoms with Crippen LogP contribution in [0.2, 0.25) is 0 Å². The van der Waals surface area contributed by atoms with E-state index in [0.717, 1.165) is 5.56 Å². The number of nitrogens with one attached hydrogen (secondary N) is 1. The van der Waals surface area contributed by atoms with Crippen LogP contribution in [-0.4, -0.2) is 24.8 Å². The van der Waals surface area contributed by atoms with Crippen LogP contribution in [0, 0.1) is 0 Å². The number of nitrogens with zero attached hydrogens (tertiary/aromatic N) is 2. The molecule has 6 nitrogen and oxygen atoms in total. The van der Waals surface area contributed by atoms with Gasteiger partial charge in [-0.1, -0.05) is 12.1 Å². The van der Waals surface area contributed by atoms with Crippen molar-refractivity contribution >= 4 is 15.7 Å². The average molecular weight is 309 g/mol. The second-order valence-corrected chi connectivity index (χ2v) is 6.16. The predicted octanol–water partition coefficient (Wildman–Crippen LogP) is 2.24. The van der Waals surface area contributed by atoms with Gasteiger partial charge in [0.05, 0.1) is 23.4 Å². The lowest BCUT2D eigenvalue weighted by Crippen LogP contribution is -2.13. The maximum absolute atomic E-state index is 12.3. The average Bonchev–Trinajstić information content (AvgIpc) is 2.92. The van der Waals surface area contributed by atoms with Crippen LogP contribution in [0.4, 0.5) is 5.69 Å². The summed E-state index contributed by atoms with van der Waals surface area (Å²) in [7, 11) is -3.61. The predicted molar refractivity (Wildman–Crippen MR) is 80.5 cm³/mol. The fraction of sp³-hybridized carbons (Fsp3) is 0.357. The molecule has 2 aromatic rings. The minimum Gasteiger partial charge on any atom is -0.377 e. The Labute approximate surface area is 124 Å². The highest BCUT2D eigenvalue weighted by atomic mass is 32.2. The van der Waals surface area contributed by atoms with Crippen molar-refractivity contribution in [3.8, 4) is 0 Å². The molecule has 0 fully saturated rings. The molecule has 1 aromatic heterocycles. The number of aromatic nitrogens is 2. The first-order valence-corrected chi connectivity index (χ1v) is 8.25. The molecule has 0 aliphatic heterocycles. The molecule has 0 radical (unpaired) electrons. The van der Waals surface area contributed by atoms with Gasteiger partial charge in [-0.3, -0.25) is 9.40 Å². The van der Waals surface area contributed by atoms with Crippen LogP contribution >= 0.6 is 0 Å². The number of hydrogen-bond acceptors (Lipinski definition) is 4. The van der Waals surface area contributed by atoms with Gasteiger partial charge in [0, 0.05) is 19.3 Å². The molecule has 1 heterocycles. The lowest BCUT2D eigenvalue weighted by atomic mass is 10.2. The summed E-state index contributed by atoms with van der Waals surface area (Å²) in [4.78, 5) is 0.212. The van der Waals surface area contributed by atoms with Gasteiger partial charge in [0.15, 0.2) is 0 Å². The summed E-state index contributed by atoms with van der Waals surface area (Å²) >= 11 is 0. The molecule has 0 aliphatic rings. The first-order valence-electron chi connectivity index (χ1n) is 6.77. The maximum Gasteiger partial charge on any atom is 0.262 e. The number of sulfonamides is 1. The quantitative estimate of drug-likeness (QED) is 0.851. The number of anilines is 1. The molecular weight excluding hydrogens is 290 g/mol. The van der Waals surface area contributed by atoms with Gasteiger partial charge in [-0.05, 0) is 31.5 Å². The SMILES string of the molecule is CCOCc1cccc(S(=O)(=O)Nc2cnn(CC)c2)c1. The lowest BCUT2D eigenvalue weighted by Gasteiger charge is -2.08. The Kier molecular flexibility index (Phi) is 4.98. The van der Waals surface area contributed by atoms with Gasteiger partial charge >= 0.3 is 0 Å². The van der Waals surface area contributed by atoms with Crippen LogP contribution in [0.1, 0.15) is 19.4 Å². The van der Waals surface area contributed by atoms with Gasteiger partial charge in [0.1, 0.15) is 0 Å². The molecule has 0 amide bonds. The van der Waals surface area contributed by atoms with E-state index in [-0.39, 0.29) is 4.90 Å². The Morgan fingerprint density at radius 1 is 1.33 bits per heavy atom. The van der Waals surface area contributed by atoms with Crippen molar-refractivity contribution in [2.24, 2.45) is 0 Å². The van der Waals surface area contributed by atoms with Crippen LogP contribution in [0.3, 0.4) is 0 Å². The van der Waals surface area contributed by atoms with Gasteiger partial charge in [-0.15, -0.1) is 0 Å². The third kappa shape index (κ3) is 4.05. The summed E-state index contributed by atoms with van der Waals surface area (Å²) in [5.41, 5.74) is 1.27. The molecule has 1 aromatic carbocycles. The molecular formula is C14H19N3O3S. The van der Waals surface area contributed by atoms with Crippen molar-refractivity contribution in [2.75, 3.05) is 11.3 Å². The van der Waals surface area contributed by atoms with Crippen LogP contribution in [0.15, 0.2) is 41.6 Å². The summed E-state index contributed by atoms with van der Waals surface area (Å²) in [6.45, 7) is 5.50. The molecule has 0 spiro atoms. The monoisotopic (exact) mass is 309 g/mol. The van der Waals surface area contributed by atoms with Crippen molar-refractivity contribution in [3.63, 3.8) is 0 Å². The van der Waals surface area contributed by atoms with E-state index in [2.05, 4.69) is 9.82 Å². The van der Waals surface area contributed by atoms with E-state index < -0.39 is 10.0 Å². The van der Waals surface area contributed by atoms with Gasteiger partial charge in [-0.2, -0.15) is 5.10 Å². The summed E-state index contributed by atoms with van der Waals surface area (Å²) < 4.78 is 34.1. The largest absolute Gasteiger partial charge is 0.377 e. The Bertz CT molecular complexity index is 695. The summed E-state index contributed by atoms with van der Waals surface area (Å²) in [6, 6.07) is 6.71. The number of aryl methyl sites for hydroxylation is 1. The molecule has 114 valence electrons. The standard InChI is InChI=1S/C14H19N3O3S/c1-3-17-10-13(9-15-17)16-21(18,19)14-7-5-6-12(8-14)11-20-4-2/h5-10,16H,3-4,11H2,1-2H3. The normalized spacial score (nSPS) is 11.5. The van der Waals surface area contributed by atoms with Gasteiger partial charge in [-0.25, -0.2) is 8.42 Å². The van der Waals surface area contributed by atoms with E-state index in [9.17, 15) is 8.42 Å². The van der Waals surface area contributed by atoms with E-state index in [0.29, 0.717) is 25.4 Å². The number of hydrogen-bond donors (Lipinski definition) is 1. The fourth-order valence-corrected chi connectivity index (χ4v) is 2.92. The fourth-order valence-electron chi connectivity index (χ4n) is 1.83. The van der Waals surface area contributed by atoms with Crippen LogP contribution < -0.4 is 4.72 Å². The molecule has 0 saturated heterocycles. The molecule has 0 unspecified atom stereocenters. The van der Waals surface area contributed by atoms with E-state index in [1.807, 2.05) is 19.9 Å². The molecule has 1 N–H and O–H groups in total. The Morgan fingerprint density at radius 2 is 2.14 bits per heavy atom. The van der Waals surface area contributed by atoms with Crippen molar-refractivity contribution in [2.45, 2.75) is 31.9 Å². The second-order valence-electron chi connectivity index (χ2n) is 4.47. The zero-order valence-corrected chi connectivity index (χ0v) is 12.9. The van der Waals surface area contributed by atoms with Crippen molar-refractivity contribution in [1.82, 2.24) is 9.78 Å². The Hall–Kier alpha value is -1.86. The van der Waals surface area contributed by atoms with Crippen molar-refractivity contribution < 1.29 is 13.2 Å². The zero-order chi connectivity index (χ0) is 15.3. The number of rotatable bonds is 7. The van der Waals surface area contributed by atoms with E-state index >= 15 is 0 Å². The minimum atomic E-state index is -3.61. The topological polar surface area (TPSA) is 73.2 Å². The minimum absolute atomic E-state index is 0.212. The van der Waals surface area contributed by atoms with Crippen LogP contribution in [0.5, 0.6) is 0 Å². The molecule has 2 rings (SSSR count). The van der Waals surface area contributed by atoms with Crippen LogP contribution in [0.25, 0.3) is 0 Å². The molecule has 0 aliphatic carbocycles. The third-order valence-corrected chi connectivity index (χ3v) is 4.27. The molecule has 0 bridgehead atoms. The van der Waals surface area contributed by atoms with Crippen molar-refractivity contribution in [1.29, 1.82) is 0 Å². The van der Waals surface area contributed by atoms with Crippen LogP contribution in [-0.2, 0) is 27.9 Å². The molecule has 0 saturated carbocycles.